The number of nitrogens with zero attached hydrogens (tertiary/aromatic N) is 2. The van der Waals surface area contributed by atoms with Gasteiger partial charge in [-0.15, -0.1) is 0 Å². The van der Waals surface area contributed by atoms with Crippen LogP contribution in [0.3, 0.4) is 0 Å². The van der Waals surface area contributed by atoms with Gasteiger partial charge in [-0.1, -0.05) is 36.4 Å². The second kappa shape index (κ2) is 10.0. The van der Waals surface area contributed by atoms with Crippen LogP contribution < -0.4 is 14.5 Å². The molecule has 3 aromatic carbocycles. The van der Waals surface area contributed by atoms with Crippen molar-refractivity contribution in [3.05, 3.63) is 93.7 Å². The normalized spacial score (nSPS) is 14.5. The highest BCUT2D eigenvalue weighted by Gasteiger charge is 2.28. The van der Waals surface area contributed by atoms with Crippen molar-refractivity contribution in [2.24, 2.45) is 5.10 Å². The van der Waals surface area contributed by atoms with Crippen molar-refractivity contribution >= 4 is 39.3 Å². The van der Waals surface area contributed by atoms with Gasteiger partial charge >= 0.3 is 0 Å². The second-order valence-corrected chi connectivity index (χ2v) is 8.19. The van der Waals surface area contributed by atoms with E-state index in [-0.39, 0.29) is 18.3 Å². The molecule has 1 aliphatic rings. The summed E-state index contributed by atoms with van der Waals surface area (Å²) in [6, 6.07) is 19.4. The monoisotopic (exact) mass is 508 g/mol. The Hall–Kier alpha value is -3.45. The van der Waals surface area contributed by atoms with Gasteiger partial charge in [0.1, 0.15) is 12.4 Å². The zero-order chi connectivity index (χ0) is 23.4. The maximum Gasteiger partial charge on any atom is 0.280 e. The van der Waals surface area contributed by atoms with E-state index in [1.54, 1.807) is 37.3 Å². The van der Waals surface area contributed by atoms with Crippen LogP contribution in [0.2, 0.25) is 0 Å². The van der Waals surface area contributed by atoms with E-state index >= 15 is 0 Å². The molecule has 0 saturated carbocycles. The van der Waals surface area contributed by atoms with E-state index in [4.69, 9.17) is 9.47 Å². The van der Waals surface area contributed by atoms with E-state index in [9.17, 15) is 9.18 Å². The molecule has 1 aliphatic heterocycles. The van der Waals surface area contributed by atoms with Gasteiger partial charge in [0.05, 0.1) is 28.1 Å². The number of anilines is 1. The summed E-state index contributed by atoms with van der Waals surface area (Å²) in [5.41, 5.74) is 3.02. The first-order valence-corrected chi connectivity index (χ1v) is 11.3. The number of amides is 1. The maximum absolute atomic E-state index is 14.0. The Morgan fingerprint density at radius 3 is 2.52 bits per heavy atom. The number of rotatable bonds is 7. The van der Waals surface area contributed by atoms with E-state index in [1.807, 2.05) is 43.3 Å². The van der Waals surface area contributed by atoms with E-state index in [0.717, 1.165) is 5.56 Å². The molecule has 3 aromatic rings. The molecule has 0 atom stereocenters. The average molecular weight is 509 g/mol. The van der Waals surface area contributed by atoms with Crippen molar-refractivity contribution in [2.45, 2.75) is 20.5 Å². The van der Waals surface area contributed by atoms with Crippen LogP contribution in [0, 0.1) is 5.82 Å². The zero-order valence-corrected chi connectivity index (χ0v) is 19.8. The zero-order valence-electron chi connectivity index (χ0n) is 18.2. The highest BCUT2D eigenvalue weighted by molar-refractivity contribution is 9.10. The van der Waals surface area contributed by atoms with Crippen molar-refractivity contribution in [2.75, 3.05) is 11.6 Å². The van der Waals surface area contributed by atoms with Crippen LogP contribution in [0.5, 0.6) is 11.5 Å². The molecular formula is C26H22BrFN2O3. The number of hydrazone groups is 1. The summed E-state index contributed by atoms with van der Waals surface area (Å²) in [5.74, 6) is 0.435. The van der Waals surface area contributed by atoms with Crippen LogP contribution in [0.15, 0.2) is 81.9 Å². The summed E-state index contributed by atoms with van der Waals surface area (Å²) < 4.78 is 26.3. The number of ether oxygens (including phenoxy) is 2. The number of carbonyl (C=O) groups is 1. The van der Waals surface area contributed by atoms with E-state index in [1.165, 1.54) is 11.1 Å². The molecule has 0 N–H and O–H groups in total. The summed E-state index contributed by atoms with van der Waals surface area (Å²) in [6.45, 7) is 4.15. The Balaban J connectivity index is 1.62. The summed E-state index contributed by atoms with van der Waals surface area (Å²) in [7, 11) is 0. The molecule has 5 nitrogen and oxygen atoms in total. The van der Waals surface area contributed by atoms with Crippen molar-refractivity contribution in [1.29, 1.82) is 0 Å². The van der Waals surface area contributed by atoms with Gasteiger partial charge in [-0.05, 0) is 71.7 Å². The number of halogens is 2. The van der Waals surface area contributed by atoms with Gasteiger partial charge in [0, 0.05) is 5.56 Å². The molecule has 0 unspecified atom stereocenters. The fourth-order valence-electron chi connectivity index (χ4n) is 3.43. The topological polar surface area (TPSA) is 51.1 Å². The molecule has 168 valence electrons. The average Bonchev–Trinajstić information content (AvgIpc) is 3.09. The fourth-order valence-corrected chi connectivity index (χ4v) is 4.01. The first kappa shape index (κ1) is 22.7. The van der Waals surface area contributed by atoms with Crippen LogP contribution in [0.4, 0.5) is 10.1 Å². The predicted octanol–water partition coefficient (Wildman–Crippen LogP) is 6.37. The van der Waals surface area contributed by atoms with Crippen LogP contribution in [-0.4, -0.2) is 18.2 Å². The van der Waals surface area contributed by atoms with Crippen LogP contribution >= 0.6 is 15.9 Å². The maximum atomic E-state index is 14.0. The van der Waals surface area contributed by atoms with Crippen LogP contribution in [0.25, 0.3) is 6.08 Å². The van der Waals surface area contributed by atoms with Gasteiger partial charge in [0.2, 0.25) is 0 Å². The first-order chi connectivity index (χ1) is 16.0. The number of hydrogen-bond acceptors (Lipinski definition) is 4. The van der Waals surface area contributed by atoms with Gasteiger partial charge < -0.3 is 9.47 Å². The lowest BCUT2D eigenvalue weighted by atomic mass is 10.1. The number of benzene rings is 3. The molecule has 33 heavy (non-hydrogen) atoms. The van der Waals surface area contributed by atoms with Crippen molar-refractivity contribution in [1.82, 2.24) is 0 Å². The second-order valence-electron chi connectivity index (χ2n) is 7.34. The molecule has 0 bridgehead atoms. The lowest BCUT2D eigenvalue weighted by Crippen LogP contribution is -2.21. The minimum atomic E-state index is -0.328. The Morgan fingerprint density at radius 2 is 1.79 bits per heavy atom. The Labute approximate surface area is 200 Å². The van der Waals surface area contributed by atoms with Gasteiger partial charge in [-0.25, -0.2) is 4.39 Å². The van der Waals surface area contributed by atoms with Crippen molar-refractivity contribution in [3.8, 4) is 11.5 Å². The third kappa shape index (κ3) is 4.98. The van der Waals surface area contributed by atoms with Gasteiger partial charge in [0.25, 0.3) is 5.91 Å². The van der Waals surface area contributed by atoms with Crippen LogP contribution in [0.1, 0.15) is 25.0 Å². The quantitative estimate of drug-likeness (QED) is 0.348. The number of carbonyl (C=O) groups excluding carboxylic acids is 1. The predicted molar refractivity (Wildman–Crippen MR) is 131 cm³/mol. The Kier molecular flexibility index (Phi) is 6.89. The molecule has 0 aliphatic carbocycles. The molecule has 0 aromatic heterocycles. The van der Waals surface area contributed by atoms with Gasteiger partial charge in [-0.3, -0.25) is 4.79 Å². The summed E-state index contributed by atoms with van der Waals surface area (Å²) in [6.07, 6.45) is 1.78. The third-order valence-corrected chi connectivity index (χ3v) is 5.62. The lowest BCUT2D eigenvalue weighted by molar-refractivity contribution is -0.114. The minimum absolute atomic E-state index is 0.0576. The number of hydrogen-bond donors (Lipinski definition) is 0. The minimum Gasteiger partial charge on any atom is -0.490 e. The smallest absolute Gasteiger partial charge is 0.280 e. The van der Waals surface area contributed by atoms with E-state index in [0.29, 0.717) is 45.1 Å². The van der Waals surface area contributed by atoms with Crippen molar-refractivity contribution in [3.63, 3.8) is 0 Å². The SMILES string of the molecule is CCOc1cc(/C=C2/C(=O)N(c3ccccc3)N=C2C)cc(Br)c1OCc1ccccc1F. The number of para-hydroxylation sites is 1. The summed E-state index contributed by atoms with van der Waals surface area (Å²) in [5, 5.41) is 5.81. The fraction of sp³-hybridized carbons (Fsp3) is 0.154. The first-order valence-electron chi connectivity index (χ1n) is 10.5. The highest BCUT2D eigenvalue weighted by Crippen LogP contribution is 2.38. The van der Waals surface area contributed by atoms with E-state index < -0.39 is 0 Å². The molecule has 7 heteroatoms. The van der Waals surface area contributed by atoms with E-state index in [2.05, 4.69) is 21.0 Å². The molecule has 1 heterocycles. The molecule has 1 amide bonds. The van der Waals surface area contributed by atoms with Crippen molar-refractivity contribution < 1.29 is 18.7 Å². The molecule has 0 spiro atoms. The summed E-state index contributed by atoms with van der Waals surface area (Å²) in [4.78, 5) is 13.0. The van der Waals surface area contributed by atoms with Crippen LogP contribution in [-0.2, 0) is 11.4 Å². The standard InChI is InChI=1S/C26H22BrFN2O3/c1-3-32-24-15-18(14-22(27)25(24)33-16-19-9-7-8-12-23(19)28)13-21-17(2)29-30(26(21)31)20-10-5-4-6-11-20/h4-15H,3,16H2,1-2H3/b21-13+. The third-order valence-electron chi connectivity index (χ3n) is 5.04. The van der Waals surface area contributed by atoms with Gasteiger partial charge in [-0.2, -0.15) is 10.1 Å². The molecule has 0 radical (unpaired) electrons. The molecular weight excluding hydrogens is 487 g/mol. The molecule has 0 fully saturated rings. The Morgan fingerprint density at radius 1 is 1.06 bits per heavy atom. The molecule has 4 rings (SSSR count). The highest BCUT2D eigenvalue weighted by atomic mass is 79.9. The lowest BCUT2D eigenvalue weighted by Gasteiger charge is -2.15. The molecule has 0 saturated heterocycles. The largest absolute Gasteiger partial charge is 0.490 e. The Bertz CT molecular complexity index is 1240. The summed E-state index contributed by atoms with van der Waals surface area (Å²) >= 11 is 3.53. The van der Waals surface area contributed by atoms with Gasteiger partial charge in [0.15, 0.2) is 11.5 Å².